The highest BCUT2D eigenvalue weighted by atomic mass is 35.5. The molecule has 5 nitrogen and oxygen atoms in total. The number of fused-ring (bicyclic) bond motifs is 1. The second kappa shape index (κ2) is 5.70. The second-order valence-electron chi connectivity index (χ2n) is 6.46. The van der Waals surface area contributed by atoms with Crippen molar-refractivity contribution in [2.24, 2.45) is 11.8 Å². The Labute approximate surface area is 145 Å². The lowest BCUT2D eigenvalue weighted by atomic mass is 9.77. The van der Waals surface area contributed by atoms with Crippen LogP contribution in [0.5, 0.6) is 0 Å². The molecule has 1 fully saturated rings. The minimum atomic E-state index is -3.35. The molecule has 0 radical (unpaired) electrons. The van der Waals surface area contributed by atoms with E-state index in [0.717, 1.165) is 0 Å². The van der Waals surface area contributed by atoms with Crippen molar-refractivity contribution in [2.75, 3.05) is 5.75 Å². The van der Waals surface area contributed by atoms with Gasteiger partial charge in [0, 0.05) is 17.4 Å². The number of carbonyl (C=O) groups excluding carboxylic acids is 2. The average Bonchev–Trinajstić information content (AvgIpc) is 2.82. The Morgan fingerprint density at radius 1 is 1.17 bits per heavy atom. The lowest BCUT2D eigenvalue weighted by molar-refractivity contribution is -0.129. The van der Waals surface area contributed by atoms with Crippen LogP contribution >= 0.6 is 11.6 Å². The molecule has 1 N–H and O–H groups in total. The molecule has 1 heterocycles. The number of hydrogen-bond donors (Lipinski definition) is 1. The molecule has 0 bridgehead atoms. The molecule has 1 aromatic rings. The summed E-state index contributed by atoms with van der Waals surface area (Å²) in [4.78, 5) is 24.9. The molecule has 2 aliphatic rings. The molecule has 2 unspecified atom stereocenters. The van der Waals surface area contributed by atoms with Gasteiger partial charge in [0.1, 0.15) is 11.3 Å². The van der Waals surface area contributed by atoms with Crippen LogP contribution in [0.4, 0.5) is 0 Å². The molecule has 128 valence electrons. The van der Waals surface area contributed by atoms with Crippen LogP contribution in [0.1, 0.15) is 31.4 Å². The Kier molecular flexibility index (Phi) is 4.08. The van der Waals surface area contributed by atoms with Crippen molar-refractivity contribution in [3.05, 3.63) is 33.9 Å². The third-order valence-corrected chi connectivity index (χ3v) is 6.97. The molecular weight excluding hydrogens is 352 g/mol. The first-order valence-corrected chi connectivity index (χ1v) is 9.74. The van der Waals surface area contributed by atoms with Gasteiger partial charge in [0.15, 0.2) is 21.4 Å². The number of hydrogen-bond acceptors (Lipinski definition) is 5. The van der Waals surface area contributed by atoms with E-state index < -0.39 is 27.2 Å². The largest absolute Gasteiger partial charge is 0.506 e. The van der Waals surface area contributed by atoms with Crippen molar-refractivity contribution >= 4 is 38.8 Å². The summed E-state index contributed by atoms with van der Waals surface area (Å²) in [6.45, 7) is 3.44. The van der Waals surface area contributed by atoms with E-state index in [1.165, 1.54) is 12.1 Å². The lowest BCUT2D eigenvalue weighted by Crippen LogP contribution is -2.33. The van der Waals surface area contributed by atoms with Crippen LogP contribution in [0.2, 0.25) is 5.02 Å². The molecule has 0 amide bonds. The number of carbonyl (C=O) groups is 2. The molecule has 2 atom stereocenters. The van der Waals surface area contributed by atoms with E-state index in [1.807, 2.05) is 0 Å². The van der Waals surface area contributed by atoms with Gasteiger partial charge in [-0.25, -0.2) is 8.42 Å². The topological polar surface area (TPSA) is 88.5 Å². The van der Waals surface area contributed by atoms with Crippen LogP contribution in [0.25, 0.3) is 5.76 Å². The Bertz CT molecular complexity index is 876. The molecule has 1 aliphatic carbocycles. The monoisotopic (exact) mass is 368 g/mol. The zero-order valence-corrected chi connectivity index (χ0v) is 14.9. The van der Waals surface area contributed by atoms with Crippen LogP contribution in [0.3, 0.4) is 0 Å². The zero-order valence-electron chi connectivity index (χ0n) is 13.3. The first-order chi connectivity index (χ1) is 11.1. The van der Waals surface area contributed by atoms with Gasteiger partial charge in [-0.15, -0.1) is 0 Å². The van der Waals surface area contributed by atoms with Crippen LogP contribution in [-0.4, -0.2) is 30.8 Å². The Balaban J connectivity index is 2.19. The fraction of sp³-hybridized carbons (Fsp3) is 0.412. The van der Waals surface area contributed by atoms with E-state index in [4.69, 9.17) is 11.6 Å². The highest BCUT2D eigenvalue weighted by molar-refractivity contribution is 7.91. The normalized spacial score (nSPS) is 25.7. The molecule has 24 heavy (non-hydrogen) atoms. The Hall–Kier alpha value is -1.66. The van der Waals surface area contributed by atoms with Gasteiger partial charge in [0.05, 0.1) is 15.7 Å². The lowest BCUT2D eigenvalue weighted by Gasteiger charge is -2.25. The summed E-state index contributed by atoms with van der Waals surface area (Å²) in [5.74, 6) is -2.01. The zero-order chi connectivity index (χ0) is 17.8. The van der Waals surface area contributed by atoms with E-state index in [9.17, 15) is 23.1 Å². The number of benzene rings is 1. The van der Waals surface area contributed by atoms with E-state index in [2.05, 4.69) is 0 Å². The van der Waals surface area contributed by atoms with Crippen molar-refractivity contribution in [1.29, 1.82) is 0 Å². The summed E-state index contributed by atoms with van der Waals surface area (Å²) in [6, 6.07) is 2.73. The van der Waals surface area contributed by atoms with Crippen LogP contribution in [0, 0.1) is 11.8 Å². The molecule has 1 aliphatic heterocycles. The standard InChI is InChI=1S/C17H17ClO5S/c1-8-7-9(2)16(20)13(15(8)19)17(21)11-3-4-12-10(14(11)18)5-6-24(12,22)23/h3-4,8-9,21H,5-7H2,1-2H3. The van der Waals surface area contributed by atoms with Crippen LogP contribution in [0.15, 0.2) is 22.6 Å². The second-order valence-corrected chi connectivity index (χ2v) is 8.92. The molecule has 0 spiro atoms. The number of allylic oxidation sites excluding steroid dienone is 1. The van der Waals surface area contributed by atoms with Crippen molar-refractivity contribution in [2.45, 2.75) is 31.6 Å². The highest BCUT2D eigenvalue weighted by Gasteiger charge is 2.38. The maximum absolute atomic E-state index is 12.4. The van der Waals surface area contributed by atoms with E-state index in [0.29, 0.717) is 12.0 Å². The molecule has 1 saturated carbocycles. The van der Waals surface area contributed by atoms with Gasteiger partial charge in [0.25, 0.3) is 0 Å². The number of aliphatic hydroxyl groups excluding tert-OH is 1. The summed E-state index contributed by atoms with van der Waals surface area (Å²) in [6.07, 6.45) is 0.701. The van der Waals surface area contributed by atoms with Crippen LogP contribution < -0.4 is 0 Å². The predicted molar refractivity (Wildman–Crippen MR) is 89.7 cm³/mol. The van der Waals surface area contributed by atoms with Gasteiger partial charge < -0.3 is 5.11 Å². The number of ketones is 2. The molecular formula is C17H17ClO5S. The minimum Gasteiger partial charge on any atom is -0.506 e. The number of rotatable bonds is 1. The molecule has 1 aromatic carbocycles. The Morgan fingerprint density at radius 3 is 2.33 bits per heavy atom. The maximum atomic E-state index is 12.4. The molecule has 0 aromatic heterocycles. The SMILES string of the molecule is CC1CC(C)C(=O)C(=C(O)c2ccc3c(c2Cl)CCS3(=O)=O)C1=O. The predicted octanol–water partition coefficient (Wildman–Crippen LogP) is 2.75. The summed E-state index contributed by atoms with van der Waals surface area (Å²) < 4.78 is 23.9. The number of halogens is 1. The van der Waals surface area contributed by atoms with Crippen molar-refractivity contribution < 1.29 is 23.1 Å². The van der Waals surface area contributed by atoms with Crippen molar-refractivity contribution in [3.63, 3.8) is 0 Å². The van der Waals surface area contributed by atoms with Gasteiger partial charge >= 0.3 is 0 Å². The Morgan fingerprint density at radius 2 is 1.75 bits per heavy atom. The maximum Gasteiger partial charge on any atom is 0.179 e. The van der Waals surface area contributed by atoms with Crippen molar-refractivity contribution in [1.82, 2.24) is 0 Å². The fourth-order valence-corrected chi connectivity index (χ4v) is 5.34. The van der Waals surface area contributed by atoms with Crippen molar-refractivity contribution in [3.8, 4) is 0 Å². The number of aliphatic hydroxyl groups is 1. The van der Waals surface area contributed by atoms with Gasteiger partial charge in [-0.3, -0.25) is 9.59 Å². The van der Waals surface area contributed by atoms with Gasteiger partial charge in [-0.1, -0.05) is 25.4 Å². The number of Topliss-reactive ketones (excluding diaryl/α,β-unsaturated/α-hetero) is 2. The molecule has 7 heteroatoms. The van der Waals surface area contributed by atoms with E-state index in [1.54, 1.807) is 13.8 Å². The van der Waals surface area contributed by atoms with Gasteiger partial charge in [-0.2, -0.15) is 0 Å². The highest BCUT2D eigenvalue weighted by Crippen LogP contribution is 2.38. The summed E-state index contributed by atoms with van der Waals surface area (Å²) in [5, 5.41) is 10.7. The smallest absolute Gasteiger partial charge is 0.179 e. The third-order valence-electron chi connectivity index (χ3n) is 4.74. The summed E-state index contributed by atoms with van der Waals surface area (Å²) >= 11 is 6.28. The first kappa shape index (κ1) is 17.2. The minimum absolute atomic E-state index is 0.0330. The first-order valence-electron chi connectivity index (χ1n) is 7.71. The quantitative estimate of drug-likeness (QED) is 0.467. The summed E-state index contributed by atoms with van der Waals surface area (Å²) in [5.41, 5.74) is 0.326. The molecule has 3 rings (SSSR count). The van der Waals surface area contributed by atoms with E-state index >= 15 is 0 Å². The van der Waals surface area contributed by atoms with Gasteiger partial charge in [-0.05, 0) is 30.5 Å². The molecule has 0 saturated heterocycles. The summed E-state index contributed by atoms with van der Waals surface area (Å²) in [7, 11) is -3.35. The van der Waals surface area contributed by atoms with Crippen LogP contribution in [-0.2, 0) is 25.8 Å². The van der Waals surface area contributed by atoms with Gasteiger partial charge in [0.2, 0.25) is 0 Å². The average molecular weight is 369 g/mol. The van der Waals surface area contributed by atoms with E-state index in [-0.39, 0.29) is 45.1 Å². The third kappa shape index (κ3) is 2.48. The number of sulfone groups is 1. The fourth-order valence-electron chi connectivity index (χ4n) is 3.38.